The third-order valence-electron chi connectivity index (χ3n) is 4.58. The standard InChI is InChI=1S/C20H22N2O6S/c1-3-21(29(25,26)15-9-5-4-6-10-15)14-19(23)22-13-18(20(24)27-2)28-17-12-8-7-11-16(17)22/h4-12,18H,3,13-14H2,1-2H3/t18-/m0/s1. The van der Waals surface area contributed by atoms with Gasteiger partial charge in [0.1, 0.15) is 5.75 Å². The molecular formula is C20H22N2O6S. The highest BCUT2D eigenvalue weighted by Crippen LogP contribution is 2.33. The van der Waals surface area contributed by atoms with E-state index >= 15 is 0 Å². The molecule has 2 aromatic rings. The van der Waals surface area contributed by atoms with E-state index in [0.717, 1.165) is 4.31 Å². The summed E-state index contributed by atoms with van der Waals surface area (Å²) in [5.41, 5.74) is 0.478. The first kappa shape index (κ1) is 20.8. The van der Waals surface area contributed by atoms with E-state index in [4.69, 9.17) is 9.47 Å². The van der Waals surface area contributed by atoms with Crippen molar-refractivity contribution in [1.29, 1.82) is 0 Å². The Kier molecular flexibility index (Phi) is 6.19. The van der Waals surface area contributed by atoms with Crippen molar-refractivity contribution in [3.63, 3.8) is 0 Å². The molecule has 0 N–H and O–H groups in total. The lowest BCUT2D eigenvalue weighted by molar-refractivity contribution is -0.148. The Morgan fingerprint density at radius 1 is 1.14 bits per heavy atom. The fourth-order valence-corrected chi connectivity index (χ4v) is 4.49. The van der Waals surface area contributed by atoms with Gasteiger partial charge >= 0.3 is 5.97 Å². The van der Waals surface area contributed by atoms with Gasteiger partial charge in [0, 0.05) is 6.54 Å². The molecule has 0 radical (unpaired) electrons. The number of nitrogens with zero attached hydrogens (tertiary/aromatic N) is 2. The first-order valence-electron chi connectivity index (χ1n) is 9.07. The van der Waals surface area contributed by atoms with Crippen LogP contribution in [0.1, 0.15) is 6.92 Å². The SMILES string of the molecule is CCN(CC(=O)N1C[C@@H](C(=O)OC)Oc2ccccc21)S(=O)(=O)c1ccccc1. The molecule has 8 nitrogen and oxygen atoms in total. The molecule has 0 bridgehead atoms. The van der Waals surface area contributed by atoms with Gasteiger partial charge in [0.25, 0.3) is 0 Å². The van der Waals surface area contributed by atoms with Crippen LogP contribution in [0.25, 0.3) is 0 Å². The van der Waals surface area contributed by atoms with Gasteiger partial charge < -0.3 is 14.4 Å². The summed E-state index contributed by atoms with van der Waals surface area (Å²) < 4.78 is 37.3. The molecule has 2 aromatic carbocycles. The van der Waals surface area contributed by atoms with Gasteiger partial charge in [0.05, 0.1) is 30.8 Å². The first-order valence-corrected chi connectivity index (χ1v) is 10.5. The zero-order chi connectivity index (χ0) is 21.0. The predicted molar refractivity (Wildman–Crippen MR) is 106 cm³/mol. The number of sulfonamides is 1. The van der Waals surface area contributed by atoms with E-state index in [1.165, 1.54) is 24.1 Å². The Morgan fingerprint density at radius 2 is 1.79 bits per heavy atom. The van der Waals surface area contributed by atoms with Crippen LogP contribution in [-0.4, -0.2) is 57.4 Å². The van der Waals surface area contributed by atoms with Gasteiger partial charge in [0.2, 0.25) is 22.0 Å². The maximum absolute atomic E-state index is 13.1. The number of carbonyl (C=O) groups excluding carboxylic acids is 2. The number of methoxy groups -OCH3 is 1. The maximum atomic E-state index is 13.1. The number of ether oxygens (including phenoxy) is 2. The molecule has 1 heterocycles. The number of hydrogen-bond donors (Lipinski definition) is 0. The molecule has 0 spiro atoms. The Bertz CT molecular complexity index is 993. The highest BCUT2D eigenvalue weighted by Gasteiger charge is 2.36. The van der Waals surface area contributed by atoms with Crippen LogP contribution in [0.5, 0.6) is 5.75 Å². The lowest BCUT2D eigenvalue weighted by Gasteiger charge is -2.34. The minimum Gasteiger partial charge on any atom is -0.475 e. The minimum atomic E-state index is -3.83. The number of esters is 1. The molecule has 0 aliphatic carbocycles. The highest BCUT2D eigenvalue weighted by atomic mass is 32.2. The zero-order valence-electron chi connectivity index (χ0n) is 16.1. The summed E-state index contributed by atoms with van der Waals surface area (Å²) in [5.74, 6) is -0.714. The van der Waals surface area contributed by atoms with Crippen LogP contribution in [0.4, 0.5) is 5.69 Å². The second-order valence-corrected chi connectivity index (χ2v) is 8.28. The quantitative estimate of drug-likeness (QED) is 0.663. The van der Waals surface area contributed by atoms with E-state index in [2.05, 4.69) is 0 Å². The molecule has 9 heteroatoms. The first-order chi connectivity index (χ1) is 13.9. The predicted octanol–water partition coefficient (Wildman–Crippen LogP) is 1.66. The van der Waals surface area contributed by atoms with E-state index in [-0.39, 0.29) is 24.5 Å². The van der Waals surface area contributed by atoms with E-state index < -0.39 is 28.0 Å². The lowest BCUT2D eigenvalue weighted by atomic mass is 10.2. The highest BCUT2D eigenvalue weighted by molar-refractivity contribution is 7.89. The molecule has 1 amide bonds. The zero-order valence-corrected chi connectivity index (χ0v) is 17.0. The van der Waals surface area contributed by atoms with E-state index in [1.54, 1.807) is 49.4 Å². The van der Waals surface area contributed by atoms with Gasteiger partial charge in [-0.05, 0) is 24.3 Å². The van der Waals surface area contributed by atoms with Crippen molar-refractivity contribution in [2.24, 2.45) is 0 Å². The number of hydrogen-bond acceptors (Lipinski definition) is 6. The van der Waals surface area contributed by atoms with Crippen molar-refractivity contribution < 1.29 is 27.5 Å². The van der Waals surface area contributed by atoms with E-state index in [1.807, 2.05) is 0 Å². The lowest BCUT2D eigenvalue weighted by Crippen LogP contribution is -2.50. The number of amides is 1. The summed E-state index contributed by atoms with van der Waals surface area (Å²) >= 11 is 0. The van der Waals surface area contributed by atoms with Crippen LogP contribution in [0, 0.1) is 0 Å². The number of benzene rings is 2. The summed E-state index contributed by atoms with van der Waals surface area (Å²) in [5, 5.41) is 0. The molecule has 0 saturated heterocycles. The molecular weight excluding hydrogens is 396 g/mol. The van der Waals surface area contributed by atoms with Crippen LogP contribution in [0.3, 0.4) is 0 Å². The van der Waals surface area contributed by atoms with Gasteiger partial charge in [-0.1, -0.05) is 37.3 Å². The summed E-state index contributed by atoms with van der Waals surface area (Å²) in [4.78, 5) is 26.5. The van der Waals surface area contributed by atoms with E-state index in [9.17, 15) is 18.0 Å². The number of likely N-dealkylation sites (N-methyl/N-ethyl adjacent to an activating group) is 1. The second-order valence-electron chi connectivity index (χ2n) is 6.35. The maximum Gasteiger partial charge on any atom is 0.348 e. The van der Waals surface area contributed by atoms with Gasteiger partial charge in [-0.15, -0.1) is 0 Å². The van der Waals surface area contributed by atoms with E-state index in [0.29, 0.717) is 11.4 Å². The van der Waals surface area contributed by atoms with Crippen molar-refractivity contribution in [3.05, 3.63) is 54.6 Å². The molecule has 0 unspecified atom stereocenters. The molecule has 0 aromatic heterocycles. The van der Waals surface area contributed by atoms with Gasteiger partial charge in [0.15, 0.2) is 0 Å². The van der Waals surface area contributed by atoms with Crippen LogP contribution < -0.4 is 9.64 Å². The number of anilines is 1. The van der Waals surface area contributed by atoms with Crippen LogP contribution in [0.15, 0.2) is 59.5 Å². The van der Waals surface area contributed by atoms with Crippen molar-refractivity contribution in [1.82, 2.24) is 4.31 Å². The molecule has 0 fully saturated rings. The van der Waals surface area contributed by atoms with Crippen molar-refractivity contribution in [3.8, 4) is 5.75 Å². The van der Waals surface area contributed by atoms with Crippen molar-refractivity contribution in [2.45, 2.75) is 17.9 Å². The minimum absolute atomic E-state index is 0.0640. The van der Waals surface area contributed by atoms with Crippen molar-refractivity contribution in [2.75, 3.05) is 31.6 Å². The summed E-state index contributed by atoms with van der Waals surface area (Å²) in [6.45, 7) is 1.36. The second kappa shape index (κ2) is 8.62. The Balaban J connectivity index is 1.87. The molecule has 154 valence electrons. The van der Waals surface area contributed by atoms with Crippen LogP contribution >= 0.6 is 0 Å². The Labute approximate surface area is 169 Å². The number of carbonyl (C=O) groups is 2. The topological polar surface area (TPSA) is 93.2 Å². The van der Waals surface area contributed by atoms with Crippen LogP contribution in [0.2, 0.25) is 0 Å². The average molecular weight is 418 g/mol. The number of para-hydroxylation sites is 2. The van der Waals surface area contributed by atoms with Gasteiger partial charge in [-0.3, -0.25) is 4.79 Å². The molecule has 1 aliphatic heterocycles. The average Bonchev–Trinajstić information content (AvgIpc) is 2.76. The molecule has 3 rings (SSSR count). The summed E-state index contributed by atoms with van der Waals surface area (Å²) in [6, 6.07) is 14.7. The molecule has 1 aliphatic rings. The normalized spacial score (nSPS) is 16.1. The number of fused-ring (bicyclic) bond motifs is 1. The van der Waals surface area contributed by atoms with Gasteiger partial charge in [-0.2, -0.15) is 4.31 Å². The smallest absolute Gasteiger partial charge is 0.348 e. The Hall–Kier alpha value is -2.91. The third-order valence-corrected chi connectivity index (χ3v) is 6.52. The monoisotopic (exact) mass is 418 g/mol. The third kappa shape index (κ3) is 4.25. The van der Waals surface area contributed by atoms with Crippen molar-refractivity contribution >= 4 is 27.6 Å². The molecule has 1 atom stereocenters. The van der Waals surface area contributed by atoms with Crippen LogP contribution in [-0.2, 0) is 24.3 Å². The largest absolute Gasteiger partial charge is 0.475 e. The number of rotatable bonds is 6. The Morgan fingerprint density at radius 3 is 2.45 bits per heavy atom. The van der Waals surface area contributed by atoms with Gasteiger partial charge in [-0.25, -0.2) is 13.2 Å². The fraction of sp³-hybridized carbons (Fsp3) is 0.300. The molecule has 29 heavy (non-hydrogen) atoms. The summed E-state index contributed by atoms with van der Waals surface area (Å²) in [7, 11) is -2.59. The summed E-state index contributed by atoms with van der Waals surface area (Å²) in [6.07, 6.45) is -0.986. The molecule has 0 saturated carbocycles. The fourth-order valence-electron chi connectivity index (χ4n) is 3.07.